The van der Waals surface area contributed by atoms with Crippen LogP contribution in [0, 0.1) is 5.41 Å². The molecule has 2 aromatic rings. The van der Waals surface area contributed by atoms with Crippen molar-refractivity contribution in [1.82, 2.24) is 14.7 Å². The SMILES string of the molecule is CC(C)N(CC(=O)Nc1cc(C(C)(C)C)nn1-c1ccccc1)C(=O)CC(C)(C)C. The van der Waals surface area contributed by atoms with Crippen molar-refractivity contribution < 1.29 is 9.59 Å². The molecule has 0 aliphatic heterocycles. The number of amides is 2. The number of nitrogens with zero attached hydrogens (tertiary/aromatic N) is 3. The molecule has 0 fully saturated rings. The molecule has 0 aliphatic rings. The van der Waals surface area contributed by atoms with E-state index in [4.69, 9.17) is 5.10 Å². The maximum Gasteiger partial charge on any atom is 0.245 e. The van der Waals surface area contributed by atoms with Gasteiger partial charge in [0.05, 0.1) is 11.4 Å². The van der Waals surface area contributed by atoms with Crippen LogP contribution in [0.4, 0.5) is 5.82 Å². The lowest BCUT2D eigenvalue weighted by Crippen LogP contribution is -2.43. The fourth-order valence-electron chi connectivity index (χ4n) is 3.05. The quantitative estimate of drug-likeness (QED) is 0.742. The normalized spacial score (nSPS) is 12.2. The van der Waals surface area contributed by atoms with E-state index < -0.39 is 0 Å². The van der Waals surface area contributed by atoms with Gasteiger partial charge in [-0.05, 0) is 31.4 Å². The summed E-state index contributed by atoms with van der Waals surface area (Å²) in [5, 5.41) is 7.70. The summed E-state index contributed by atoms with van der Waals surface area (Å²) < 4.78 is 1.75. The van der Waals surface area contributed by atoms with Crippen LogP contribution in [-0.2, 0) is 15.0 Å². The summed E-state index contributed by atoms with van der Waals surface area (Å²) in [5.41, 5.74) is 1.46. The second-order valence-corrected chi connectivity index (χ2v) is 10.3. The van der Waals surface area contributed by atoms with E-state index in [1.807, 2.05) is 71.0 Å². The topological polar surface area (TPSA) is 67.2 Å². The zero-order valence-electron chi connectivity index (χ0n) is 19.6. The molecular weight excluding hydrogens is 376 g/mol. The first-order valence-corrected chi connectivity index (χ1v) is 10.5. The third-order valence-corrected chi connectivity index (χ3v) is 4.69. The summed E-state index contributed by atoms with van der Waals surface area (Å²) >= 11 is 0. The van der Waals surface area contributed by atoms with Gasteiger partial charge < -0.3 is 10.2 Å². The number of nitrogens with one attached hydrogen (secondary N) is 1. The lowest BCUT2D eigenvalue weighted by Gasteiger charge is -2.29. The molecule has 30 heavy (non-hydrogen) atoms. The molecule has 0 saturated heterocycles. The number of carbonyl (C=O) groups is 2. The third kappa shape index (κ3) is 6.44. The lowest BCUT2D eigenvalue weighted by atomic mass is 9.91. The van der Waals surface area contributed by atoms with Crippen molar-refractivity contribution in [3.8, 4) is 5.69 Å². The van der Waals surface area contributed by atoms with Crippen LogP contribution in [0.15, 0.2) is 36.4 Å². The Morgan fingerprint density at radius 3 is 2.17 bits per heavy atom. The van der Waals surface area contributed by atoms with E-state index in [1.165, 1.54) is 0 Å². The van der Waals surface area contributed by atoms with Crippen LogP contribution in [0.25, 0.3) is 5.69 Å². The molecule has 6 nitrogen and oxygen atoms in total. The zero-order chi connectivity index (χ0) is 22.7. The molecule has 0 bridgehead atoms. The number of hydrogen-bond acceptors (Lipinski definition) is 3. The van der Waals surface area contributed by atoms with Gasteiger partial charge in [0.15, 0.2) is 0 Å². The summed E-state index contributed by atoms with van der Waals surface area (Å²) in [5.74, 6) is 0.353. The van der Waals surface area contributed by atoms with Crippen molar-refractivity contribution in [2.45, 2.75) is 73.3 Å². The standard InChI is InChI=1S/C24H36N4O2/c1-17(2)27(22(30)15-23(3,4)5)16-21(29)25-20-14-19(24(6,7)8)26-28(20)18-12-10-9-11-13-18/h9-14,17H,15-16H2,1-8H3,(H,25,29). The number of anilines is 1. The molecule has 0 atom stereocenters. The smallest absolute Gasteiger partial charge is 0.245 e. The molecule has 1 aromatic carbocycles. The van der Waals surface area contributed by atoms with Gasteiger partial charge in [0.25, 0.3) is 0 Å². The van der Waals surface area contributed by atoms with Gasteiger partial charge in [-0.25, -0.2) is 4.68 Å². The molecule has 1 heterocycles. The van der Waals surface area contributed by atoms with E-state index in [9.17, 15) is 9.59 Å². The van der Waals surface area contributed by atoms with Gasteiger partial charge >= 0.3 is 0 Å². The minimum absolute atomic E-state index is 0.0113. The lowest BCUT2D eigenvalue weighted by molar-refractivity contribution is -0.138. The molecule has 2 rings (SSSR count). The first-order valence-electron chi connectivity index (χ1n) is 10.5. The van der Waals surface area contributed by atoms with Gasteiger partial charge in [-0.2, -0.15) is 5.10 Å². The highest BCUT2D eigenvalue weighted by Crippen LogP contribution is 2.26. The molecule has 2 amide bonds. The van der Waals surface area contributed by atoms with Crippen LogP contribution in [-0.4, -0.2) is 39.1 Å². The molecule has 0 radical (unpaired) electrons. The fraction of sp³-hybridized carbons (Fsp3) is 0.542. The van der Waals surface area contributed by atoms with E-state index in [2.05, 4.69) is 26.1 Å². The van der Waals surface area contributed by atoms with Gasteiger partial charge in [0.2, 0.25) is 11.8 Å². The van der Waals surface area contributed by atoms with Gasteiger partial charge in [0, 0.05) is 23.9 Å². The van der Waals surface area contributed by atoms with Crippen molar-refractivity contribution in [2.24, 2.45) is 5.41 Å². The van der Waals surface area contributed by atoms with E-state index in [1.54, 1.807) is 9.58 Å². The summed E-state index contributed by atoms with van der Waals surface area (Å²) in [4.78, 5) is 27.3. The fourth-order valence-corrected chi connectivity index (χ4v) is 3.05. The highest BCUT2D eigenvalue weighted by atomic mass is 16.2. The number of benzene rings is 1. The van der Waals surface area contributed by atoms with Crippen LogP contribution in [0.2, 0.25) is 0 Å². The Balaban J connectivity index is 2.26. The summed E-state index contributed by atoms with van der Waals surface area (Å²) in [7, 11) is 0. The van der Waals surface area contributed by atoms with Crippen LogP contribution in [0.5, 0.6) is 0 Å². The summed E-state index contributed by atoms with van der Waals surface area (Å²) in [6.45, 7) is 16.2. The predicted octanol–water partition coefficient (Wildman–Crippen LogP) is 4.78. The number of carbonyl (C=O) groups excluding carboxylic acids is 2. The van der Waals surface area contributed by atoms with Crippen molar-refractivity contribution in [2.75, 3.05) is 11.9 Å². The van der Waals surface area contributed by atoms with Crippen molar-refractivity contribution in [1.29, 1.82) is 0 Å². The van der Waals surface area contributed by atoms with Crippen molar-refractivity contribution in [3.05, 3.63) is 42.1 Å². The average molecular weight is 413 g/mol. The zero-order valence-corrected chi connectivity index (χ0v) is 19.6. The monoisotopic (exact) mass is 412 g/mol. The molecule has 1 N–H and O–H groups in total. The van der Waals surface area contributed by atoms with Gasteiger partial charge in [-0.1, -0.05) is 59.7 Å². The molecule has 6 heteroatoms. The maximum absolute atomic E-state index is 12.9. The Morgan fingerprint density at radius 2 is 1.67 bits per heavy atom. The van der Waals surface area contributed by atoms with E-state index in [0.717, 1.165) is 11.4 Å². The summed E-state index contributed by atoms with van der Waals surface area (Å²) in [6, 6.07) is 11.6. The summed E-state index contributed by atoms with van der Waals surface area (Å²) in [6.07, 6.45) is 0.397. The highest BCUT2D eigenvalue weighted by Gasteiger charge is 2.26. The van der Waals surface area contributed by atoms with Crippen LogP contribution >= 0.6 is 0 Å². The third-order valence-electron chi connectivity index (χ3n) is 4.69. The molecule has 164 valence electrons. The number of aromatic nitrogens is 2. The van der Waals surface area contributed by atoms with Crippen molar-refractivity contribution in [3.63, 3.8) is 0 Å². The number of hydrogen-bond donors (Lipinski definition) is 1. The predicted molar refractivity (Wildman–Crippen MR) is 122 cm³/mol. The number of rotatable bonds is 6. The van der Waals surface area contributed by atoms with Crippen LogP contribution < -0.4 is 5.32 Å². The molecule has 1 aromatic heterocycles. The average Bonchev–Trinajstić information content (AvgIpc) is 3.02. The molecule has 0 spiro atoms. The van der Waals surface area contributed by atoms with E-state index in [-0.39, 0.29) is 35.2 Å². The minimum atomic E-state index is -0.233. The molecule has 0 aliphatic carbocycles. The Morgan fingerprint density at radius 1 is 1.07 bits per heavy atom. The Labute approximate surface area is 180 Å². The van der Waals surface area contributed by atoms with Crippen LogP contribution in [0.1, 0.15) is 67.5 Å². The highest BCUT2D eigenvalue weighted by molar-refractivity contribution is 5.94. The largest absolute Gasteiger partial charge is 0.331 e. The number of para-hydroxylation sites is 1. The van der Waals surface area contributed by atoms with Gasteiger partial charge in [-0.3, -0.25) is 9.59 Å². The molecular formula is C24H36N4O2. The second-order valence-electron chi connectivity index (χ2n) is 10.3. The van der Waals surface area contributed by atoms with Crippen LogP contribution in [0.3, 0.4) is 0 Å². The first-order chi connectivity index (χ1) is 13.8. The van der Waals surface area contributed by atoms with Gasteiger partial charge in [0.1, 0.15) is 12.4 Å². The second kappa shape index (κ2) is 9.02. The Hall–Kier alpha value is -2.63. The molecule has 0 unspecified atom stereocenters. The Kier molecular flexibility index (Phi) is 7.11. The van der Waals surface area contributed by atoms with E-state index >= 15 is 0 Å². The first kappa shape index (κ1) is 23.6. The molecule has 0 saturated carbocycles. The van der Waals surface area contributed by atoms with E-state index in [0.29, 0.717) is 12.2 Å². The van der Waals surface area contributed by atoms with Gasteiger partial charge in [-0.15, -0.1) is 0 Å². The Bertz CT molecular complexity index is 871. The van der Waals surface area contributed by atoms with Crippen molar-refractivity contribution >= 4 is 17.6 Å². The maximum atomic E-state index is 12.9. The minimum Gasteiger partial charge on any atom is -0.331 e.